The van der Waals surface area contributed by atoms with Crippen molar-refractivity contribution in [3.05, 3.63) is 29.8 Å². The topological polar surface area (TPSA) is 28.5 Å². The van der Waals surface area contributed by atoms with E-state index in [-0.39, 0.29) is 0 Å². The Hall–Kier alpha value is -1.13. The fourth-order valence-corrected chi connectivity index (χ4v) is 2.07. The van der Waals surface area contributed by atoms with Crippen LogP contribution in [0.3, 0.4) is 0 Å². The maximum atomic E-state index is 5.27. The number of quaternary nitrogens is 1. The first kappa shape index (κ1) is 14.9. The van der Waals surface area contributed by atoms with Gasteiger partial charge in [-0.2, -0.15) is 0 Å². The highest BCUT2D eigenvalue weighted by molar-refractivity contribution is 7.80. The first-order valence-corrected chi connectivity index (χ1v) is 7.01. The van der Waals surface area contributed by atoms with Crippen LogP contribution < -0.4 is 15.5 Å². The van der Waals surface area contributed by atoms with Crippen LogP contribution in [0.4, 0.5) is 5.69 Å². The molecule has 0 bridgehead atoms. The largest absolute Gasteiger partial charge is 0.357 e. The summed E-state index contributed by atoms with van der Waals surface area (Å²) < 4.78 is 0. The van der Waals surface area contributed by atoms with Crippen LogP contribution in [0.2, 0.25) is 0 Å². The second-order valence-corrected chi connectivity index (χ2v) is 4.87. The van der Waals surface area contributed by atoms with E-state index in [2.05, 4.69) is 43.5 Å². The van der Waals surface area contributed by atoms with Crippen molar-refractivity contribution >= 4 is 23.0 Å². The molecule has 0 aliphatic heterocycles. The Labute approximate surface area is 116 Å². The zero-order chi connectivity index (χ0) is 13.4. The maximum absolute atomic E-state index is 5.27. The van der Waals surface area contributed by atoms with Gasteiger partial charge in [0.05, 0.1) is 26.2 Å². The van der Waals surface area contributed by atoms with E-state index in [1.165, 1.54) is 5.56 Å². The van der Waals surface area contributed by atoms with E-state index >= 15 is 0 Å². The van der Waals surface area contributed by atoms with E-state index in [1.807, 2.05) is 12.1 Å². The van der Waals surface area contributed by atoms with Gasteiger partial charge in [-0.1, -0.05) is 12.1 Å². The summed E-state index contributed by atoms with van der Waals surface area (Å²) in [5.74, 6) is 0. The predicted octanol–water partition coefficient (Wildman–Crippen LogP) is 1.21. The van der Waals surface area contributed by atoms with E-state index in [4.69, 9.17) is 12.2 Å². The Balaban J connectivity index is 2.29. The zero-order valence-corrected chi connectivity index (χ0v) is 12.4. The van der Waals surface area contributed by atoms with Gasteiger partial charge in [-0.25, -0.2) is 0 Å². The van der Waals surface area contributed by atoms with Gasteiger partial charge in [-0.05, 0) is 50.7 Å². The molecule has 1 rings (SSSR count). The summed E-state index contributed by atoms with van der Waals surface area (Å²) >= 11 is 5.27. The minimum absolute atomic E-state index is 0.701. The molecular weight excluding hydrogens is 242 g/mol. The normalized spacial score (nSPS) is 10.4. The molecule has 1 aromatic carbocycles. The monoisotopic (exact) mass is 266 g/mol. The van der Waals surface area contributed by atoms with Gasteiger partial charge in [-0.3, -0.25) is 0 Å². The molecule has 0 fully saturated rings. The summed E-state index contributed by atoms with van der Waals surface area (Å²) in [4.78, 5) is 1.58. The van der Waals surface area contributed by atoms with Crippen molar-refractivity contribution in [1.29, 1.82) is 0 Å². The van der Waals surface area contributed by atoms with Crippen LogP contribution in [0.25, 0.3) is 0 Å². The fourth-order valence-electron chi connectivity index (χ4n) is 1.85. The molecule has 100 valence electrons. The second kappa shape index (κ2) is 8.06. The van der Waals surface area contributed by atoms with Crippen molar-refractivity contribution in [2.45, 2.75) is 20.8 Å². The lowest BCUT2D eigenvalue weighted by atomic mass is 10.2. The van der Waals surface area contributed by atoms with E-state index in [0.717, 1.165) is 31.9 Å². The minimum atomic E-state index is 0.701. The molecule has 0 radical (unpaired) electrons. The van der Waals surface area contributed by atoms with Gasteiger partial charge < -0.3 is 15.5 Å². The lowest BCUT2D eigenvalue weighted by Crippen LogP contribution is -3.12. The van der Waals surface area contributed by atoms with Crippen molar-refractivity contribution in [1.82, 2.24) is 5.32 Å². The number of hydrogen-bond donors (Lipinski definition) is 3. The van der Waals surface area contributed by atoms with Crippen molar-refractivity contribution in [3.8, 4) is 0 Å². The molecule has 0 aliphatic carbocycles. The van der Waals surface area contributed by atoms with Crippen LogP contribution in [0, 0.1) is 6.92 Å². The van der Waals surface area contributed by atoms with Crippen LogP contribution >= 0.6 is 12.2 Å². The summed E-state index contributed by atoms with van der Waals surface area (Å²) in [5, 5.41) is 7.15. The molecule has 4 heteroatoms. The smallest absolute Gasteiger partial charge is 0.170 e. The third-order valence-corrected chi connectivity index (χ3v) is 3.29. The van der Waals surface area contributed by atoms with E-state index in [0.29, 0.717) is 5.11 Å². The number of benzene rings is 1. The fraction of sp³-hybridized carbons (Fsp3) is 0.500. The van der Waals surface area contributed by atoms with Crippen LogP contribution in [0.1, 0.15) is 19.4 Å². The van der Waals surface area contributed by atoms with E-state index in [1.54, 1.807) is 4.90 Å². The molecule has 0 saturated heterocycles. The van der Waals surface area contributed by atoms with Gasteiger partial charge in [0, 0.05) is 5.69 Å². The molecule has 0 saturated carbocycles. The van der Waals surface area contributed by atoms with Crippen LogP contribution in [0.15, 0.2) is 24.3 Å². The van der Waals surface area contributed by atoms with Crippen molar-refractivity contribution in [3.63, 3.8) is 0 Å². The minimum Gasteiger partial charge on any atom is -0.357 e. The second-order valence-electron chi connectivity index (χ2n) is 4.46. The van der Waals surface area contributed by atoms with Crippen molar-refractivity contribution in [2.75, 3.05) is 31.5 Å². The molecule has 0 aromatic heterocycles. The number of rotatable bonds is 6. The number of aryl methyl sites for hydroxylation is 1. The lowest BCUT2D eigenvalue weighted by molar-refractivity contribution is -0.895. The van der Waals surface area contributed by atoms with E-state index < -0.39 is 0 Å². The van der Waals surface area contributed by atoms with Gasteiger partial charge >= 0.3 is 0 Å². The highest BCUT2D eigenvalue weighted by Gasteiger charge is 2.02. The molecule has 3 nitrogen and oxygen atoms in total. The van der Waals surface area contributed by atoms with Crippen LogP contribution in [0.5, 0.6) is 0 Å². The molecule has 1 aromatic rings. The number of anilines is 1. The summed E-state index contributed by atoms with van der Waals surface area (Å²) in [6.45, 7) is 10.8. The zero-order valence-electron chi connectivity index (χ0n) is 11.5. The Morgan fingerprint density at radius 1 is 1.28 bits per heavy atom. The molecule has 3 N–H and O–H groups in total. The molecule has 0 atom stereocenters. The number of hydrogen-bond acceptors (Lipinski definition) is 1. The van der Waals surface area contributed by atoms with Gasteiger partial charge in [0.1, 0.15) is 0 Å². The van der Waals surface area contributed by atoms with Gasteiger partial charge in [-0.15, -0.1) is 0 Å². The van der Waals surface area contributed by atoms with Crippen molar-refractivity contribution in [2.24, 2.45) is 0 Å². The number of thiocarbonyl (C=S) groups is 1. The summed E-state index contributed by atoms with van der Waals surface area (Å²) in [5.41, 5.74) is 2.28. The SMILES string of the molecule is CC[NH+](CC)CCNC(=S)Nc1cccc(C)c1. The average molecular weight is 266 g/mol. The van der Waals surface area contributed by atoms with Crippen molar-refractivity contribution < 1.29 is 4.90 Å². The third kappa shape index (κ3) is 5.47. The molecule has 0 amide bonds. The highest BCUT2D eigenvalue weighted by atomic mass is 32.1. The van der Waals surface area contributed by atoms with Crippen LogP contribution in [-0.4, -0.2) is 31.3 Å². The molecule has 0 heterocycles. The quantitative estimate of drug-likeness (QED) is 0.676. The Kier molecular flexibility index (Phi) is 6.68. The first-order valence-electron chi connectivity index (χ1n) is 6.60. The Morgan fingerprint density at radius 2 is 2.00 bits per heavy atom. The molecule has 0 aliphatic rings. The maximum Gasteiger partial charge on any atom is 0.170 e. The molecule has 18 heavy (non-hydrogen) atoms. The lowest BCUT2D eigenvalue weighted by Gasteiger charge is -2.16. The standard InChI is InChI=1S/C14H23N3S/c1-4-17(5-2)10-9-15-14(18)16-13-8-6-7-12(3)11-13/h6-8,11H,4-5,9-10H2,1-3H3,(H2,15,16,18)/p+1. The first-order chi connectivity index (χ1) is 8.65. The average Bonchev–Trinajstić information content (AvgIpc) is 2.34. The number of likely N-dealkylation sites (N-methyl/N-ethyl adjacent to an activating group) is 1. The summed E-state index contributed by atoms with van der Waals surface area (Å²) in [6, 6.07) is 8.21. The van der Waals surface area contributed by atoms with Gasteiger partial charge in [0.15, 0.2) is 5.11 Å². The van der Waals surface area contributed by atoms with Crippen LogP contribution in [-0.2, 0) is 0 Å². The van der Waals surface area contributed by atoms with Gasteiger partial charge in [0.25, 0.3) is 0 Å². The Bertz CT molecular complexity index is 375. The number of nitrogens with one attached hydrogen (secondary N) is 3. The summed E-state index contributed by atoms with van der Waals surface area (Å²) in [7, 11) is 0. The molecular formula is C14H24N3S+. The third-order valence-electron chi connectivity index (χ3n) is 3.04. The molecule has 0 unspecified atom stereocenters. The summed E-state index contributed by atoms with van der Waals surface area (Å²) in [6.07, 6.45) is 0. The van der Waals surface area contributed by atoms with E-state index in [9.17, 15) is 0 Å². The predicted molar refractivity (Wildman–Crippen MR) is 82.3 cm³/mol. The molecule has 0 spiro atoms. The highest BCUT2D eigenvalue weighted by Crippen LogP contribution is 2.08. The van der Waals surface area contributed by atoms with Gasteiger partial charge in [0.2, 0.25) is 0 Å². The Morgan fingerprint density at radius 3 is 2.61 bits per heavy atom.